The summed E-state index contributed by atoms with van der Waals surface area (Å²) in [5, 5.41) is 3.06. The van der Waals surface area contributed by atoms with E-state index >= 15 is 0 Å². The first-order valence-corrected chi connectivity index (χ1v) is 16.2. The van der Waals surface area contributed by atoms with E-state index in [9.17, 15) is 18.0 Å². The fourth-order valence-electron chi connectivity index (χ4n) is 4.96. The Morgan fingerprint density at radius 3 is 1.86 bits per heavy atom. The van der Waals surface area contributed by atoms with E-state index in [-0.39, 0.29) is 29.2 Å². The Hall–Kier alpha value is -4.27. The highest BCUT2D eigenvalue weighted by atomic mass is 32.2. The Kier molecular flexibility index (Phi) is 10.0. The highest BCUT2D eigenvalue weighted by Crippen LogP contribution is 2.23. The van der Waals surface area contributed by atoms with Crippen LogP contribution in [0.15, 0.2) is 120 Å². The van der Waals surface area contributed by atoms with E-state index in [1.165, 1.54) is 0 Å². The first-order chi connectivity index (χ1) is 20.9. The molecule has 0 heterocycles. The van der Waals surface area contributed by atoms with E-state index < -0.39 is 16.1 Å². The Balaban J connectivity index is 1.34. The van der Waals surface area contributed by atoms with E-state index in [1.54, 1.807) is 29.2 Å². The van der Waals surface area contributed by atoms with Gasteiger partial charge in [-0.15, -0.1) is 0 Å². The first kappa shape index (κ1) is 30.2. The van der Waals surface area contributed by atoms with E-state index in [4.69, 9.17) is 0 Å². The van der Waals surface area contributed by atoms with Gasteiger partial charge in [-0.1, -0.05) is 103 Å². The van der Waals surface area contributed by atoms with Crippen LogP contribution >= 0.6 is 0 Å². The zero-order valence-corrected chi connectivity index (χ0v) is 24.9. The van der Waals surface area contributed by atoms with Gasteiger partial charge in [-0.3, -0.25) is 9.59 Å². The SMILES string of the molecule is O=C(NCc1ccccc1)[C@H](Cc1ccccc1)N(Cc1ccccc1)C(=O)CCc1ccc(S(=O)(=O)NC2CC2)cc1. The van der Waals surface area contributed by atoms with Crippen LogP contribution < -0.4 is 10.0 Å². The van der Waals surface area contributed by atoms with Gasteiger partial charge < -0.3 is 10.2 Å². The number of benzene rings is 4. The van der Waals surface area contributed by atoms with E-state index in [0.29, 0.717) is 25.9 Å². The quantitative estimate of drug-likeness (QED) is 0.214. The number of sulfonamides is 1. The third-order valence-corrected chi connectivity index (χ3v) is 9.07. The number of nitrogens with zero attached hydrogens (tertiary/aromatic N) is 1. The highest BCUT2D eigenvalue weighted by Gasteiger charge is 2.30. The summed E-state index contributed by atoms with van der Waals surface area (Å²) in [5.41, 5.74) is 3.73. The van der Waals surface area contributed by atoms with Crippen LogP contribution in [0.3, 0.4) is 0 Å². The lowest BCUT2D eigenvalue weighted by atomic mass is 10.0. The summed E-state index contributed by atoms with van der Waals surface area (Å²) in [6, 6.07) is 35.1. The van der Waals surface area contributed by atoms with Gasteiger partial charge in [0.25, 0.3) is 0 Å². The number of aryl methyl sites for hydroxylation is 1. The Morgan fingerprint density at radius 2 is 1.28 bits per heavy atom. The van der Waals surface area contributed by atoms with Crippen molar-refractivity contribution in [3.05, 3.63) is 138 Å². The van der Waals surface area contributed by atoms with Gasteiger partial charge in [-0.2, -0.15) is 0 Å². The maximum atomic E-state index is 13.9. The average molecular weight is 596 g/mol. The molecule has 1 aliphatic carbocycles. The largest absolute Gasteiger partial charge is 0.350 e. The second kappa shape index (κ2) is 14.3. The standard InChI is InChI=1S/C35H37N3O4S/c39-34(23-18-27-16-21-32(22-17-27)43(41,42)37-31-19-20-31)38(26-30-14-8-3-9-15-30)33(24-28-10-4-1-5-11-28)35(40)36-25-29-12-6-2-7-13-29/h1-17,21-22,31,33,37H,18-20,23-26H2,(H,36,40)/t33-/m0/s1. The molecule has 2 amide bonds. The first-order valence-electron chi connectivity index (χ1n) is 14.7. The summed E-state index contributed by atoms with van der Waals surface area (Å²) in [6.07, 6.45) is 2.71. The number of carbonyl (C=O) groups is 2. The predicted octanol–water partition coefficient (Wildman–Crippen LogP) is 5.02. The molecule has 43 heavy (non-hydrogen) atoms. The van der Waals surface area contributed by atoms with Crippen molar-refractivity contribution in [3.63, 3.8) is 0 Å². The van der Waals surface area contributed by atoms with Gasteiger partial charge in [0.05, 0.1) is 4.90 Å². The summed E-state index contributed by atoms with van der Waals surface area (Å²) >= 11 is 0. The summed E-state index contributed by atoms with van der Waals surface area (Å²) in [4.78, 5) is 29.6. The smallest absolute Gasteiger partial charge is 0.243 e. The van der Waals surface area contributed by atoms with Gasteiger partial charge in [-0.25, -0.2) is 13.1 Å². The zero-order chi connectivity index (χ0) is 30.1. The molecule has 1 atom stereocenters. The van der Waals surface area contributed by atoms with Crippen molar-refractivity contribution >= 4 is 21.8 Å². The molecule has 1 aliphatic rings. The van der Waals surface area contributed by atoms with E-state index in [0.717, 1.165) is 35.1 Å². The Labute approximate surface area is 254 Å². The molecule has 8 heteroatoms. The average Bonchev–Trinajstić information content (AvgIpc) is 3.85. The molecule has 1 saturated carbocycles. The molecule has 0 radical (unpaired) electrons. The summed E-state index contributed by atoms with van der Waals surface area (Å²) in [6.45, 7) is 0.656. The van der Waals surface area contributed by atoms with Crippen LogP contribution in [0.1, 0.15) is 41.5 Å². The monoisotopic (exact) mass is 595 g/mol. The minimum absolute atomic E-state index is 0.0339. The lowest BCUT2D eigenvalue weighted by Crippen LogP contribution is -2.50. The van der Waals surface area contributed by atoms with E-state index in [2.05, 4.69) is 10.0 Å². The van der Waals surface area contributed by atoms with Crippen molar-refractivity contribution in [2.45, 2.75) is 62.2 Å². The molecule has 0 bridgehead atoms. The number of carbonyl (C=O) groups excluding carboxylic acids is 2. The summed E-state index contributed by atoms with van der Waals surface area (Å²) in [5.74, 6) is -0.360. The lowest BCUT2D eigenvalue weighted by Gasteiger charge is -2.31. The van der Waals surface area contributed by atoms with Crippen molar-refractivity contribution in [3.8, 4) is 0 Å². The van der Waals surface area contributed by atoms with Crippen molar-refractivity contribution in [2.24, 2.45) is 0 Å². The van der Waals surface area contributed by atoms with Crippen LogP contribution in [0.5, 0.6) is 0 Å². The number of nitrogens with one attached hydrogen (secondary N) is 2. The number of hydrogen-bond acceptors (Lipinski definition) is 4. The number of hydrogen-bond donors (Lipinski definition) is 2. The highest BCUT2D eigenvalue weighted by molar-refractivity contribution is 7.89. The van der Waals surface area contributed by atoms with Crippen LogP contribution in [0.2, 0.25) is 0 Å². The molecule has 5 rings (SSSR count). The van der Waals surface area contributed by atoms with Crippen molar-refractivity contribution in [1.82, 2.24) is 14.9 Å². The molecule has 0 aliphatic heterocycles. The Bertz CT molecular complexity index is 1590. The van der Waals surface area contributed by atoms with Gasteiger partial charge in [0.1, 0.15) is 6.04 Å². The number of amides is 2. The fraction of sp³-hybridized carbons (Fsp3) is 0.257. The number of rotatable bonds is 14. The second-order valence-electron chi connectivity index (χ2n) is 11.0. The normalized spacial score (nSPS) is 13.7. The van der Waals surface area contributed by atoms with Gasteiger partial charge in [-0.05, 0) is 53.6 Å². The molecule has 4 aromatic rings. The molecule has 0 aromatic heterocycles. The minimum atomic E-state index is -3.54. The molecule has 2 N–H and O–H groups in total. The molecular weight excluding hydrogens is 558 g/mol. The predicted molar refractivity (Wildman–Crippen MR) is 167 cm³/mol. The molecule has 0 unspecified atom stereocenters. The van der Waals surface area contributed by atoms with Crippen molar-refractivity contribution < 1.29 is 18.0 Å². The van der Waals surface area contributed by atoms with Crippen molar-refractivity contribution in [2.75, 3.05) is 0 Å². The molecule has 1 fully saturated rings. The van der Waals surface area contributed by atoms with Gasteiger partial charge in [0.15, 0.2) is 0 Å². The van der Waals surface area contributed by atoms with Crippen LogP contribution in [0.4, 0.5) is 0 Å². The third-order valence-electron chi connectivity index (χ3n) is 7.54. The maximum Gasteiger partial charge on any atom is 0.243 e. The maximum absolute atomic E-state index is 13.9. The Morgan fingerprint density at radius 1 is 0.721 bits per heavy atom. The topological polar surface area (TPSA) is 95.6 Å². The zero-order valence-electron chi connectivity index (χ0n) is 24.1. The summed E-state index contributed by atoms with van der Waals surface area (Å²) < 4.78 is 27.8. The third kappa shape index (κ3) is 8.86. The van der Waals surface area contributed by atoms with E-state index in [1.807, 2.05) is 91.0 Å². The molecular formula is C35H37N3O4S. The van der Waals surface area contributed by atoms with Crippen molar-refractivity contribution in [1.29, 1.82) is 0 Å². The fourth-order valence-corrected chi connectivity index (χ4v) is 6.26. The van der Waals surface area contributed by atoms with Gasteiger partial charge >= 0.3 is 0 Å². The molecule has 4 aromatic carbocycles. The second-order valence-corrected chi connectivity index (χ2v) is 12.7. The summed E-state index contributed by atoms with van der Waals surface area (Å²) in [7, 11) is -3.54. The molecule has 0 spiro atoms. The van der Waals surface area contributed by atoms with Crippen LogP contribution in [-0.2, 0) is 45.5 Å². The molecule has 0 saturated heterocycles. The van der Waals surface area contributed by atoms with Gasteiger partial charge in [0.2, 0.25) is 21.8 Å². The van der Waals surface area contributed by atoms with Gasteiger partial charge in [0, 0.05) is 32.0 Å². The lowest BCUT2D eigenvalue weighted by molar-refractivity contribution is -0.141. The molecule has 7 nitrogen and oxygen atoms in total. The minimum Gasteiger partial charge on any atom is -0.350 e. The van der Waals surface area contributed by atoms with Crippen LogP contribution in [0, 0.1) is 0 Å². The van der Waals surface area contributed by atoms with Crippen LogP contribution in [-0.4, -0.2) is 37.2 Å². The molecule has 222 valence electrons. The van der Waals surface area contributed by atoms with Crippen LogP contribution in [0.25, 0.3) is 0 Å².